The van der Waals surface area contributed by atoms with Crippen LogP contribution in [0.2, 0.25) is 0 Å². The van der Waals surface area contributed by atoms with Crippen LogP contribution in [0.15, 0.2) is 24.3 Å². The van der Waals surface area contributed by atoms with Gasteiger partial charge in [-0.3, -0.25) is 24.2 Å². The van der Waals surface area contributed by atoms with Crippen LogP contribution in [0.1, 0.15) is 47.9 Å². The van der Waals surface area contributed by atoms with Crippen molar-refractivity contribution < 1.29 is 23.9 Å². The summed E-state index contributed by atoms with van der Waals surface area (Å²) in [4.78, 5) is 56.1. The van der Waals surface area contributed by atoms with Gasteiger partial charge in [0.1, 0.15) is 11.6 Å². The molecule has 9 heteroatoms. The van der Waals surface area contributed by atoms with Crippen molar-refractivity contribution in [2.24, 2.45) is 0 Å². The SMILES string of the molecule is CC(C)(C)OC(=O)N1C[C@@H](N2C(=O)c3ccccc3C2=O)C[C@H]1C(=O)N1CCSC1. The molecular weight excluding hydrogens is 406 g/mol. The Morgan fingerprint density at radius 2 is 1.73 bits per heavy atom. The first kappa shape index (κ1) is 20.7. The van der Waals surface area contributed by atoms with Crippen LogP contribution in [0.4, 0.5) is 4.79 Å². The maximum atomic E-state index is 13.1. The number of imide groups is 1. The summed E-state index contributed by atoms with van der Waals surface area (Å²) in [5.41, 5.74) is -0.00372. The minimum atomic E-state index is -0.757. The number of ether oxygens (including phenoxy) is 1. The second-order valence-electron chi connectivity index (χ2n) is 8.70. The highest BCUT2D eigenvalue weighted by Crippen LogP contribution is 2.32. The molecule has 0 unspecified atom stereocenters. The Morgan fingerprint density at radius 3 is 2.27 bits per heavy atom. The van der Waals surface area contributed by atoms with Crippen molar-refractivity contribution in [2.45, 2.75) is 44.9 Å². The second kappa shape index (κ2) is 7.61. The second-order valence-corrected chi connectivity index (χ2v) is 9.78. The van der Waals surface area contributed by atoms with Crippen molar-refractivity contribution in [1.82, 2.24) is 14.7 Å². The molecular formula is C21H25N3O5S. The van der Waals surface area contributed by atoms with E-state index in [2.05, 4.69) is 0 Å². The van der Waals surface area contributed by atoms with Crippen LogP contribution in [-0.4, -0.2) is 80.9 Å². The topological polar surface area (TPSA) is 87.2 Å². The fourth-order valence-corrected chi connectivity index (χ4v) is 5.05. The molecule has 0 aliphatic carbocycles. The summed E-state index contributed by atoms with van der Waals surface area (Å²) in [5, 5.41) is 0. The molecule has 0 saturated carbocycles. The van der Waals surface area contributed by atoms with Gasteiger partial charge in [0, 0.05) is 18.8 Å². The Kier molecular flexibility index (Phi) is 5.25. The maximum Gasteiger partial charge on any atom is 0.411 e. The molecule has 3 aliphatic rings. The van der Waals surface area contributed by atoms with Crippen LogP contribution in [0.25, 0.3) is 0 Å². The lowest BCUT2D eigenvalue weighted by Crippen LogP contribution is -2.48. The third kappa shape index (κ3) is 3.66. The van der Waals surface area contributed by atoms with E-state index >= 15 is 0 Å². The van der Waals surface area contributed by atoms with Crippen LogP contribution in [0.5, 0.6) is 0 Å². The average molecular weight is 432 g/mol. The number of carbonyl (C=O) groups excluding carboxylic acids is 4. The van der Waals surface area contributed by atoms with Crippen LogP contribution < -0.4 is 0 Å². The number of amides is 4. The summed E-state index contributed by atoms with van der Waals surface area (Å²) in [6.45, 7) is 5.99. The molecule has 0 spiro atoms. The summed E-state index contributed by atoms with van der Waals surface area (Å²) in [5.74, 6) is 0.510. The summed E-state index contributed by atoms with van der Waals surface area (Å²) in [6.07, 6.45) is -0.392. The Labute approximate surface area is 179 Å². The van der Waals surface area contributed by atoms with Gasteiger partial charge in [0.2, 0.25) is 5.91 Å². The van der Waals surface area contributed by atoms with Gasteiger partial charge < -0.3 is 9.64 Å². The van der Waals surface area contributed by atoms with E-state index in [9.17, 15) is 19.2 Å². The first-order valence-corrected chi connectivity index (χ1v) is 11.2. The van der Waals surface area contributed by atoms with Gasteiger partial charge in [-0.15, -0.1) is 11.8 Å². The van der Waals surface area contributed by atoms with Crippen molar-refractivity contribution in [2.75, 3.05) is 24.7 Å². The molecule has 0 radical (unpaired) electrons. The Balaban J connectivity index is 1.60. The van der Waals surface area contributed by atoms with Crippen molar-refractivity contribution in [3.05, 3.63) is 35.4 Å². The number of carbonyl (C=O) groups is 4. The third-order valence-corrected chi connectivity index (χ3v) is 6.41. The minimum absolute atomic E-state index is 0.0811. The largest absolute Gasteiger partial charge is 0.444 e. The summed E-state index contributed by atoms with van der Waals surface area (Å²) < 4.78 is 5.51. The van der Waals surface area contributed by atoms with E-state index in [1.54, 1.807) is 61.7 Å². The van der Waals surface area contributed by atoms with Gasteiger partial charge in [-0.2, -0.15) is 0 Å². The normalized spacial score (nSPS) is 23.9. The van der Waals surface area contributed by atoms with Gasteiger partial charge >= 0.3 is 6.09 Å². The molecule has 4 amide bonds. The Bertz CT molecular complexity index is 871. The molecule has 0 bridgehead atoms. The monoisotopic (exact) mass is 431 g/mol. The van der Waals surface area contributed by atoms with E-state index in [0.29, 0.717) is 23.5 Å². The number of fused-ring (bicyclic) bond motifs is 1. The number of hydrogen-bond donors (Lipinski definition) is 0. The first-order valence-electron chi connectivity index (χ1n) is 10.0. The Hall–Kier alpha value is -2.55. The molecule has 3 heterocycles. The number of nitrogens with zero attached hydrogens (tertiary/aromatic N) is 3. The zero-order chi connectivity index (χ0) is 21.6. The van der Waals surface area contributed by atoms with Gasteiger partial charge in [0.05, 0.1) is 23.0 Å². The molecule has 1 aromatic carbocycles. The van der Waals surface area contributed by atoms with Gasteiger partial charge in [0.15, 0.2) is 0 Å². The summed E-state index contributed by atoms with van der Waals surface area (Å²) >= 11 is 1.66. The lowest BCUT2D eigenvalue weighted by Gasteiger charge is -2.29. The van der Waals surface area contributed by atoms with Crippen molar-refractivity contribution in [3.8, 4) is 0 Å². The third-order valence-electron chi connectivity index (χ3n) is 5.45. The van der Waals surface area contributed by atoms with Crippen LogP contribution in [0.3, 0.4) is 0 Å². The van der Waals surface area contributed by atoms with E-state index in [-0.39, 0.29) is 30.7 Å². The van der Waals surface area contributed by atoms with Crippen LogP contribution >= 0.6 is 11.8 Å². The van der Waals surface area contributed by atoms with Crippen molar-refractivity contribution in [1.29, 1.82) is 0 Å². The molecule has 2 atom stereocenters. The fraction of sp³-hybridized carbons (Fsp3) is 0.524. The first-order chi connectivity index (χ1) is 14.2. The summed E-state index contributed by atoms with van der Waals surface area (Å²) in [7, 11) is 0. The van der Waals surface area contributed by atoms with Crippen LogP contribution in [0, 0.1) is 0 Å². The summed E-state index contributed by atoms with van der Waals surface area (Å²) in [6, 6.07) is 5.35. The highest BCUT2D eigenvalue weighted by atomic mass is 32.2. The average Bonchev–Trinajstić information content (AvgIpc) is 3.40. The fourth-order valence-electron chi connectivity index (χ4n) is 4.10. The number of rotatable bonds is 2. The van der Waals surface area contributed by atoms with Crippen LogP contribution in [-0.2, 0) is 9.53 Å². The lowest BCUT2D eigenvalue weighted by atomic mass is 10.1. The van der Waals surface area contributed by atoms with E-state index < -0.39 is 23.8 Å². The zero-order valence-corrected chi connectivity index (χ0v) is 18.1. The van der Waals surface area contributed by atoms with E-state index in [0.717, 1.165) is 5.75 Å². The van der Waals surface area contributed by atoms with Gasteiger partial charge in [-0.25, -0.2) is 4.79 Å². The predicted octanol–water partition coefficient (Wildman–Crippen LogP) is 2.19. The standard InChI is InChI=1S/C21H25N3O5S/c1-21(2,3)29-20(28)23-11-13(10-16(23)19(27)22-8-9-30-12-22)24-17(25)14-6-4-5-7-15(14)18(24)26/h4-7,13,16H,8-12H2,1-3H3/t13-,16-/m0/s1. The molecule has 30 heavy (non-hydrogen) atoms. The molecule has 0 aromatic heterocycles. The highest BCUT2D eigenvalue weighted by molar-refractivity contribution is 7.99. The van der Waals surface area contributed by atoms with Gasteiger partial charge in [0.25, 0.3) is 11.8 Å². The molecule has 160 valence electrons. The Morgan fingerprint density at radius 1 is 1.10 bits per heavy atom. The molecule has 1 aromatic rings. The van der Waals surface area contributed by atoms with E-state index in [4.69, 9.17) is 4.74 Å². The van der Waals surface area contributed by atoms with Gasteiger partial charge in [-0.1, -0.05) is 12.1 Å². The molecule has 2 fully saturated rings. The highest BCUT2D eigenvalue weighted by Gasteiger charge is 2.49. The smallest absolute Gasteiger partial charge is 0.411 e. The molecule has 8 nitrogen and oxygen atoms in total. The van der Waals surface area contributed by atoms with E-state index in [1.807, 2.05) is 0 Å². The minimum Gasteiger partial charge on any atom is -0.444 e. The lowest BCUT2D eigenvalue weighted by molar-refractivity contribution is -0.134. The van der Waals surface area contributed by atoms with Crippen molar-refractivity contribution in [3.63, 3.8) is 0 Å². The quantitative estimate of drug-likeness (QED) is 0.667. The number of likely N-dealkylation sites (tertiary alicyclic amines) is 1. The maximum absolute atomic E-state index is 13.1. The van der Waals surface area contributed by atoms with Crippen molar-refractivity contribution >= 4 is 35.6 Å². The predicted molar refractivity (Wildman–Crippen MR) is 111 cm³/mol. The molecule has 4 rings (SSSR count). The zero-order valence-electron chi connectivity index (χ0n) is 17.3. The number of benzene rings is 1. The molecule has 3 aliphatic heterocycles. The molecule has 2 saturated heterocycles. The van der Waals surface area contributed by atoms with E-state index in [1.165, 1.54) is 9.80 Å². The number of hydrogen-bond acceptors (Lipinski definition) is 6. The molecule has 0 N–H and O–H groups in total. The van der Waals surface area contributed by atoms with Gasteiger partial charge in [-0.05, 0) is 39.3 Å². The number of thioether (sulfide) groups is 1.